The number of likely N-dealkylation sites (N-methyl/N-ethyl adjacent to an activating group) is 1. The van der Waals surface area contributed by atoms with Gasteiger partial charge in [-0.1, -0.05) is 19.6 Å². The van der Waals surface area contributed by atoms with E-state index in [0.717, 1.165) is 54.3 Å². The maximum Gasteiger partial charge on any atom is 0.249 e. The number of benzene rings is 1. The van der Waals surface area contributed by atoms with Crippen molar-refractivity contribution >= 4 is 17.4 Å². The van der Waals surface area contributed by atoms with Crippen LogP contribution in [0, 0.1) is 5.82 Å². The van der Waals surface area contributed by atoms with Crippen LogP contribution < -0.4 is 9.80 Å². The van der Waals surface area contributed by atoms with Crippen LogP contribution in [-0.4, -0.2) is 44.8 Å². The molecular weight excluding hydrogens is 407 g/mol. The van der Waals surface area contributed by atoms with Crippen LogP contribution in [0.15, 0.2) is 42.9 Å². The van der Waals surface area contributed by atoms with E-state index < -0.39 is 0 Å². The molecule has 0 radical (unpaired) electrons. The molecule has 1 aromatic carbocycles. The minimum atomic E-state index is -0.235. The molecule has 0 aliphatic carbocycles. The molecular formula is C24H29FN6O. The zero-order valence-electron chi connectivity index (χ0n) is 17.5. The first-order valence-electron chi connectivity index (χ1n) is 10.8. The fraction of sp³-hybridized carbons (Fsp3) is 0.417. The summed E-state index contributed by atoms with van der Waals surface area (Å²) < 4.78 is 14.9. The molecule has 0 bridgehead atoms. The summed E-state index contributed by atoms with van der Waals surface area (Å²) in [5.41, 5.74) is 2.93. The van der Waals surface area contributed by atoms with Crippen molar-refractivity contribution in [1.29, 1.82) is 0 Å². The Morgan fingerprint density at radius 2 is 1.94 bits per heavy atom. The maximum atomic E-state index is 13.1. The molecule has 0 unspecified atom stereocenters. The SMILES string of the molecule is C.CCN1C(=O)[C@@H]2CCCN2c2nc(CCc3cnn(Cc4ccc(F)cc4)c3)ncc21. The lowest BCUT2D eigenvalue weighted by Gasteiger charge is -2.37. The van der Waals surface area contributed by atoms with Gasteiger partial charge in [-0.3, -0.25) is 9.48 Å². The van der Waals surface area contributed by atoms with E-state index in [2.05, 4.69) is 15.0 Å². The normalized spacial score (nSPS) is 17.2. The predicted molar refractivity (Wildman–Crippen MR) is 122 cm³/mol. The second-order valence-electron chi connectivity index (χ2n) is 8.10. The average Bonchev–Trinajstić information content (AvgIpc) is 3.44. The average molecular weight is 437 g/mol. The lowest BCUT2D eigenvalue weighted by molar-refractivity contribution is -0.119. The predicted octanol–water partition coefficient (Wildman–Crippen LogP) is 3.62. The molecule has 0 N–H and O–H groups in total. The number of rotatable bonds is 6. The molecule has 1 fully saturated rings. The molecule has 168 valence electrons. The third-order valence-electron chi connectivity index (χ3n) is 6.06. The summed E-state index contributed by atoms with van der Waals surface area (Å²) in [6, 6.07) is 6.39. The van der Waals surface area contributed by atoms with E-state index in [1.165, 1.54) is 12.1 Å². The number of nitrogens with zero attached hydrogens (tertiary/aromatic N) is 6. The molecule has 1 atom stereocenters. The number of carbonyl (C=O) groups is 1. The lowest BCUT2D eigenvalue weighted by Crippen LogP contribution is -2.51. The van der Waals surface area contributed by atoms with E-state index in [9.17, 15) is 9.18 Å². The van der Waals surface area contributed by atoms with Crippen LogP contribution in [0.2, 0.25) is 0 Å². The number of carbonyl (C=O) groups excluding carboxylic acids is 1. The first kappa shape index (κ1) is 21.9. The van der Waals surface area contributed by atoms with Crippen molar-refractivity contribution in [2.75, 3.05) is 22.9 Å². The van der Waals surface area contributed by atoms with E-state index in [0.29, 0.717) is 19.5 Å². The first-order valence-corrected chi connectivity index (χ1v) is 10.8. The van der Waals surface area contributed by atoms with E-state index in [4.69, 9.17) is 4.98 Å². The van der Waals surface area contributed by atoms with E-state index in [-0.39, 0.29) is 25.2 Å². The van der Waals surface area contributed by atoms with E-state index in [1.54, 1.807) is 18.3 Å². The van der Waals surface area contributed by atoms with Gasteiger partial charge in [0.25, 0.3) is 0 Å². The van der Waals surface area contributed by atoms with Crippen LogP contribution in [0.5, 0.6) is 0 Å². The molecule has 2 aliphatic heterocycles. The Kier molecular flexibility index (Phi) is 6.21. The monoisotopic (exact) mass is 436 g/mol. The quantitative estimate of drug-likeness (QED) is 0.591. The fourth-order valence-electron chi connectivity index (χ4n) is 4.48. The summed E-state index contributed by atoms with van der Waals surface area (Å²) in [5.74, 6) is 1.60. The van der Waals surface area contributed by atoms with Gasteiger partial charge in [0, 0.05) is 25.7 Å². The molecule has 8 heteroatoms. The van der Waals surface area contributed by atoms with Crippen LogP contribution in [-0.2, 0) is 24.2 Å². The molecule has 5 rings (SSSR count). The molecule has 2 aromatic heterocycles. The third kappa shape index (κ3) is 4.09. The number of aryl methyl sites for hydroxylation is 2. The second-order valence-corrected chi connectivity index (χ2v) is 8.10. The molecule has 4 heterocycles. The Bertz CT molecular complexity index is 1100. The van der Waals surface area contributed by atoms with Gasteiger partial charge >= 0.3 is 0 Å². The van der Waals surface area contributed by atoms with Crippen molar-refractivity contribution < 1.29 is 9.18 Å². The van der Waals surface area contributed by atoms with Gasteiger partial charge in [-0.25, -0.2) is 14.4 Å². The van der Waals surface area contributed by atoms with Gasteiger partial charge in [0.1, 0.15) is 23.4 Å². The van der Waals surface area contributed by atoms with Crippen LogP contribution in [0.25, 0.3) is 0 Å². The summed E-state index contributed by atoms with van der Waals surface area (Å²) in [4.78, 5) is 26.1. The molecule has 7 nitrogen and oxygen atoms in total. The van der Waals surface area contributed by atoms with Gasteiger partial charge in [0.05, 0.1) is 18.9 Å². The van der Waals surface area contributed by atoms with Crippen molar-refractivity contribution in [3.8, 4) is 0 Å². The molecule has 1 amide bonds. The Morgan fingerprint density at radius 1 is 1.12 bits per heavy atom. The minimum Gasteiger partial charge on any atom is -0.343 e. The first-order chi connectivity index (χ1) is 15.1. The zero-order chi connectivity index (χ0) is 21.4. The summed E-state index contributed by atoms with van der Waals surface area (Å²) in [6.45, 7) is 4.09. The molecule has 0 saturated carbocycles. The maximum absolute atomic E-state index is 13.1. The number of anilines is 2. The fourth-order valence-corrected chi connectivity index (χ4v) is 4.48. The molecule has 0 spiro atoms. The van der Waals surface area contributed by atoms with Crippen molar-refractivity contribution in [1.82, 2.24) is 19.7 Å². The Hall–Kier alpha value is -3.29. The van der Waals surface area contributed by atoms with Gasteiger partial charge in [-0.15, -0.1) is 0 Å². The molecule has 2 aliphatic rings. The topological polar surface area (TPSA) is 67.2 Å². The van der Waals surface area contributed by atoms with Crippen molar-refractivity contribution in [3.63, 3.8) is 0 Å². The van der Waals surface area contributed by atoms with Crippen molar-refractivity contribution in [3.05, 3.63) is 65.6 Å². The van der Waals surface area contributed by atoms with E-state index in [1.807, 2.05) is 28.9 Å². The number of hydrogen-bond acceptors (Lipinski definition) is 5. The number of hydrogen-bond donors (Lipinski definition) is 0. The van der Waals surface area contributed by atoms with E-state index >= 15 is 0 Å². The largest absolute Gasteiger partial charge is 0.343 e. The standard InChI is InChI=1S/C23H25FN6O.CH4/c1-2-29-20-13-25-21(27-22(20)30-11-3-4-19(30)23(29)31)10-7-17-12-26-28(15-17)14-16-5-8-18(24)9-6-16;/h5-6,8-9,12-13,15,19H,2-4,7,10-11,14H2,1H3;1H4/t19-;/m0./s1. The van der Waals surface area contributed by atoms with Crippen LogP contribution in [0.3, 0.4) is 0 Å². The molecule has 1 saturated heterocycles. The summed E-state index contributed by atoms with van der Waals surface area (Å²) in [5, 5.41) is 4.42. The van der Waals surface area contributed by atoms with Gasteiger partial charge in [-0.05, 0) is 49.4 Å². The van der Waals surface area contributed by atoms with Gasteiger partial charge < -0.3 is 9.80 Å². The Morgan fingerprint density at radius 3 is 2.72 bits per heavy atom. The smallest absolute Gasteiger partial charge is 0.249 e. The van der Waals surface area contributed by atoms with Crippen LogP contribution in [0.1, 0.15) is 44.1 Å². The van der Waals surface area contributed by atoms with Crippen LogP contribution >= 0.6 is 0 Å². The highest BCUT2D eigenvalue weighted by Gasteiger charge is 2.41. The van der Waals surface area contributed by atoms with Gasteiger partial charge in [0.2, 0.25) is 5.91 Å². The summed E-state index contributed by atoms with van der Waals surface area (Å²) in [7, 11) is 0. The highest BCUT2D eigenvalue weighted by atomic mass is 19.1. The summed E-state index contributed by atoms with van der Waals surface area (Å²) >= 11 is 0. The Balaban J connectivity index is 0.00000245. The number of fused-ring (bicyclic) bond motifs is 3. The highest BCUT2D eigenvalue weighted by molar-refractivity contribution is 6.04. The van der Waals surface area contributed by atoms with Gasteiger partial charge in [-0.2, -0.15) is 5.10 Å². The van der Waals surface area contributed by atoms with Gasteiger partial charge in [0.15, 0.2) is 5.82 Å². The lowest BCUT2D eigenvalue weighted by atomic mass is 10.1. The highest BCUT2D eigenvalue weighted by Crippen LogP contribution is 2.38. The number of amides is 1. The van der Waals surface area contributed by atoms with Crippen molar-refractivity contribution in [2.24, 2.45) is 0 Å². The third-order valence-corrected chi connectivity index (χ3v) is 6.06. The zero-order valence-corrected chi connectivity index (χ0v) is 17.5. The number of halogens is 1. The second kappa shape index (κ2) is 9.06. The minimum absolute atomic E-state index is 0. The molecule has 32 heavy (non-hydrogen) atoms. The Labute approximate surface area is 187 Å². The van der Waals surface area contributed by atoms with Crippen molar-refractivity contribution in [2.45, 2.75) is 52.6 Å². The summed E-state index contributed by atoms with van der Waals surface area (Å²) in [6.07, 6.45) is 9.05. The van der Waals surface area contributed by atoms with Crippen LogP contribution in [0.4, 0.5) is 15.9 Å². The molecule has 3 aromatic rings. The number of aromatic nitrogens is 4.